The molecule has 1 aromatic carbocycles. The van der Waals surface area contributed by atoms with E-state index in [0.29, 0.717) is 18.6 Å². The first-order valence-electron chi connectivity index (χ1n) is 9.06. The molecule has 1 aliphatic rings. The quantitative estimate of drug-likeness (QED) is 0.588. The number of carbonyl (C=O) groups excluding carboxylic acids is 2. The normalized spacial score (nSPS) is 20.2. The highest BCUT2D eigenvalue weighted by Crippen LogP contribution is 2.23. The molecule has 2 unspecified atom stereocenters. The molecule has 1 aromatic rings. The van der Waals surface area contributed by atoms with Gasteiger partial charge >= 0.3 is 5.97 Å². The Hall–Kier alpha value is -2.30. The number of anilines is 1. The molecule has 0 saturated heterocycles. The van der Waals surface area contributed by atoms with Gasteiger partial charge in [-0.1, -0.05) is 31.9 Å². The zero-order valence-electron chi connectivity index (χ0n) is 15.1. The smallest absolute Gasteiger partial charge is 0.330 e. The van der Waals surface area contributed by atoms with E-state index in [1.165, 1.54) is 25.3 Å². The lowest BCUT2D eigenvalue weighted by Crippen LogP contribution is -2.43. The van der Waals surface area contributed by atoms with Gasteiger partial charge in [-0.3, -0.25) is 4.79 Å². The summed E-state index contributed by atoms with van der Waals surface area (Å²) < 4.78 is 4.84. The second-order valence-electron chi connectivity index (χ2n) is 6.50. The Balaban J connectivity index is 1.77. The van der Waals surface area contributed by atoms with Gasteiger partial charge < -0.3 is 15.4 Å². The first-order chi connectivity index (χ1) is 12.1. The summed E-state index contributed by atoms with van der Waals surface area (Å²) in [4.78, 5) is 23.4. The Labute approximate surface area is 149 Å². The summed E-state index contributed by atoms with van der Waals surface area (Å²) in [5.74, 6) is 0.242. The third kappa shape index (κ3) is 6.61. The van der Waals surface area contributed by atoms with Gasteiger partial charge in [0.2, 0.25) is 5.91 Å². The van der Waals surface area contributed by atoms with Crippen LogP contribution in [0.25, 0.3) is 6.08 Å². The van der Waals surface area contributed by atoms with Crippen LogP contribution in [-0.2, 0) is 14.3 Å². The molecule has 0 bridgehead atoms. The van der Waals surface area contributed by atoms with Crippen molar-refractivity contribution in [3.05, 3.63) is 35.9 Å². The van der Waals surface area contributed by atoms with Crippen molar-refractivity contribution < 1.29 is 14.3 Å². The molecule has 0 aliphatic heterocycles. The van der Waals surface area contributed by atoms with Crippen molar-refractivity contribution >= 4 is 23.6 Å². The summed E-state index contributed by atoms with van der Waals surface area (Å²) in [6.45, 7) is 4.62. The predicted octanol–water partition coefficient (Wildman–Crippen LogP) is 3.37. The fraction of sp³-hybridized carbons (Fsp3) is 0.500. The van der Waals surface area contributed by atoms with E-state index in [1.807, 2.05) is 24.3 Å². The highest BCUT2D eigenvalue weighted by molar-refractivity contribution is 5.87. The fourth-order valence-corrected chi connectivity index (χ4v) is 3.04. The van der Waals surface area contributed by atoms with Gasteiger partial charge in [0.25, 0.3) is 0 Å². The predicted molar refractivity (Wildman–Crippen MR) is 100 cm³/mol. The summed E-state index contributed by atoms with van der Waals surface area (Å²) in [5, 5.41) is 6.26. The number of carbonyl (C=O) groups is 2. The molecule has 0 spiro atoms. The van der Waals surface area contributed by atoms with Gasteiger partial charge in [-0.25, -0.2) is 4.79 Å². The summed E-state index contributed by atoms with van der Waals surface area (Å²) in [6.07, 6.45) is 7.85. The van der Waals surface area contributed by atoms with Crippen LogP contribution in [0.4, 0.5) is 5.69 Å². The summed E-state index contributed by atoms with van der Waals surface area (Å²) in [6, 6.07) is 7.86. The van der Waals surface area contributed by atoms with Crippen LogP contribution in [0.3, 0.4) is 0 Å². The van der Waals surface area contributed by atoms with Crippen molar-refractivity contribution in [3.8, 4) is 0 Å². The second kappa shape index (κ2) is 9.87. The number of hydrogen-bond donors (Lipinski definition) is 2. The summed E-state index contributed by atoms with van der Waals surface area (Å²) >= 11 is 0. The number of rotatable bonds is 7. The van der Waals surface area contributed by atoms with E-state index in [9.17, 15) is 9.59 Å². The number of nitrogens with one attached hydrogen (secondary N) is 2. The van der Waals surface area contributed by atoms with Crippen molar-refractivity contribution in [1.29, 1.82) is 0 Å². The Kier molecular flexibility index (Phi) is 7.51. The van der Waals surface area contributed by atoms with Crippen LogP contribution >= 0.6 is 0 Å². The average molecular weight is 344 g/mol. The Bertz CT molecular complexity index is 595. The van der Waals surface area contributed by atoms with Gasteiger partial charge in [0.05, 0.1) is 13.2 Å². The number of esters is 1. The van der Waals surface area contributed by atoms with Crippen molar-refractivity contribution in [1.82, 2.24) is 5.32 Å². The molecule has 25 heavy (non-hydrogen) atoms. The van der Waals surface area contributed by atoms with Gasteiger partial charge in [0.15, 0.2) is 0 Å². The first-order valence-corrected chi connectivity index (χ1v) is 9.06. The van der Waals surface area contributed by atoms with Crippen LogP contribution < -0.4 is 10.6 Å². The Morgan fingerprint density at radius 3 is 2.60 bits per heavy atom. The lowest BCUT2D eigenvalue weighted by molar-refractivity contribution is -0.137. The molecule has 1 amide bonds. The van der Waals surface area contributed by atoms with Crippen LogP contribution in [0.2, 0.25) is 0 Å². The molecule has 1 fully saturated rings. The number of amides is 1. The molecular weight excluding hydrogens is 316 g/mol. The lowest BCUT2D eigenvalue weighted by atomic mass is 9.86. The van der Waals surface area contributed by atoms with E-state index in [2.05, 4.69) is 17.6 Å². The molecule has 5 heteroatoms. The minimum atomic E-state index is -0.349. The largest absolute Gasteiger partial charge is 0.463 e. The highest BCUT2D eigenvalue weighted by atomic mass is 16.5. The minimum Gasteiger partial charge on any atom is -0.463 e. The lowest BCUT2D eigenvalue weighted by Gasteiger charge is -2.29. The van der Waals surface area contributed by atoms with E-state index >= 15 is 0 Å². The van der Waals surface area contributed by atoms with Crippen molar-refractivity contribution in [2.24, 2.45) is 5.92 Å². The van der Waals surface area contributed by atoms with E-state index < -0.39 is 0 Å². The number of hydrogen-bond acceptors (Lipinski definition) is 4. The van der Waals surface area contributed by atoms with Gasteiger partial charge in [-0.2, -0.15) is 0 Å². The fourth-order valence-electron chi connectivity index (χ4n) is 3.04. The third-order valence-electron chi connectivity index (χ3n) is 4.52. The maximum Gasteiger partial charge on any atom is 0.330 e. The van der Waals surface area contributed by atoms with Crippen LogP contribution in [-0.4, -0.2) is 31.1 Å². The Morgan fingerprint density at radius 2 is 1.92 bits per heavy atom. The van der Waals surface area contributed by atoms with Crippen LogP contribution in [0.15, 0.2) is 30.3 Å². The molecule has 2 N–H and O–H groups in total. The highest BCUT2D eigenvalue weighted by Gasteiger charge is 2.22. The van der Waals surface area contributed by atoms with Crippen molar-refractivity contribution in [2.45, 2.75) is 45.6 Å². The van der Waals surface area contributed by atoms with Crippen LogP contribution in [0.5, 0.6) is 0 Å². The topological polar surface area (TPSA) is 67.4 Å². The van der Waals surface area contributed by atoms with Gasteiger partial charge in [-0.15, -0.1) is 0 Å². The molecule has 0 radical (unpaired) electrons. The Morgan fingerprint density at radius 1 is 1.20 bits per heavy atom. The molecular formula is C20H28N2O3. The second-order valence-corrected chi connectivity index (χ2v) is 6.50. The monoisotopic (exact) mass is 344 g/mol. The zero-order chi connectivity index (χ0) is 18.1. The number of ether oxygens (including phenoxy) is 1. The summed E-state index contributed by atoms with van der Waals surface area (Å²) in [7, 11) is 0. The van der Waals surface area contributed by atoms with Crippen LogP contribution in [0, 0.1) is 5.92 Å². The maximum absolute atomic E-state index is 12.1. The first kappa shape index (κ1) is 19.0. The molecule has 2 atom stereocenters. The van der Waals surface area contributed by atoms with Crippen molar-refractivity contribution in [2.75, 3.05) is 18.5 Å². The third-order valence-corrected chi connectivity index (χ3v) is 4.52. The minimum absolute atomic E-state index is 0.0324. The van der Waals surface area contributed by atoms with E-state index in [0.717, 1.165) is 17.7 Å². The summed E-state index contributed by atoms with van der Waals surface area (Å²) in [5.41, 5.74) is 1.78. The standard InChI is InChI=1S/C20H28N2O3/c1-3-25-20(24)13-10-16-8-11-17(12-9-16)21-14-19(23)22-18-7-5-4-6-15(18)2/h8-13,15,18,21H,3-7,14H2,1-2H3,(H,22,23)/b13-10+. The zero-order valence-corrected chi connectivity index (χ0v) is 15.1. The van der Waals surface area contributed by atoms with Gasteiger partial charge in [-0.05, 0) is 49.5 Å². The SMILES string of the molecule is CCOC(=O)/C=C/c1ccc(NCC(=O)NC2CCCCC2C)cc1. The van der Waals surface area contributed by atoms with Gasteiger partial charge in [0.1, 0.15) is 0 Å². The molecule has 0 aromatic heterocycles. The molecule has 1 aliphatic carbocycles. The van der Waals surface area contributed by atoms with Gasteiger partial charge in [0, 0.05) is 17.8 Å². The molecule has 5 nitrogen and oxygen atoms in total. The van der Waals surface area contributed by atoms with E-state index in [4.69, 9.17) is 4.74 Å². The number of benzene rings is 1. The van der Waals surface area contributed by atoms with Crippen LogP contribution in [0.1, 0.15) is 45.1 Å². The van der Waals surface area contributed by atoms with E-state index in [1.54, 1.807) is 13.0 Å². The average Bonchev–Trinajstić information content (AvgIpc) is 2.61. The maximum atomic E-state index is 12.1. The molecule has 0 heterocycles. The molecule has 1 saturated carbocycles. The molecule has 136 valence electrons. The van der Waals surface area contributed by atoms with E-state index in [-0.39, 0.29) is 18.4 Å². The van der Waals surface area contributed by atoms with Crippen molar-refractivity contribution in [3.63, 3.8) is 0 Å². The molecule has 2 rings (SSSR count).